The van der Waals surface area contributed by atoms with E-state index in [-0.39, 0.29) is 12.5 Å². The van der Waals surface area contributed by atoms with Crippen molar-refractivity contribution in [3.63, 3.8) is 0 Å². The van der Waals surface area contributed by atoms with E-state index in [1.165, 1.54) is 0 Å². The number of nitrogens with one attached hydrogen (secondary N) is 1. The number of aliphatic hydroxyl groups is 1. The van der Waals surface area contributed by atoms with E-state index in [4.69, 9.17) is 16.7 Å². The van der Waals surface area contributed by atoms with Gasteiger partial charge in [-0.3, -0.25) is 4.79 Å². The average Bonchev–Trinajstić information content (AvgIpc) is 2.85. The molecule has 1 heterocycles. The molecule has 2 aromatic rings. The van der Waals surface area contributed by atoms with Crippen molar-refractivity contribution in [2.45, 2.75) is 13.0 Å². The second kappa shape index (κ2) is 5.86. The van der Waals surface area contributed by atoms with E-state index in [1.807, 2.05) is 12.1 Å². The van der Waals surface area contributed by atoms with Crippen LogP contribution in [0.2, 0.25) is 5.02 Å². The molecule has 0 aliphatic heterocycles. The Hall–Kier alpha value is -1.85. The van der Waals surface area contributed by atoms with Crippen molar-refractivity contribution in [1.29, 1.82) is 0 Å². The lowest BCUT2D eigenvalue weighted by Crippen LogP contribution is -2.30. The molecule has 100 valence electrons. The van der Waals surface area contributed by atoms with Crippen LogP contribution in [0.5, 0.6) is 0 Å². The fraction of sp³-hybridized carbons (Fsp3) is 0.231. The van der Waals surface area contributed by atoms with Gasteiger partial charge in [0.25, 0.3) is 5.91 Å². The van der Waals surface area contributed by atoms with E-state index in [2.05, 4.69) is 10.4 Å². The molecule has 0 spiro atoms. The number of carbonyl (C=O) groups excluding carboxylic acids is 1. The average molecular weight is 280 g/mol. The molecule has 1 atom stereocenters. The predicted octanol–water partition coefficient (Wildman–Crippen LogP) is 1.64. The van der Waals surface area contributed by atoms with E-state index in [0.717, 1.165) is 5.69 Å². The number of hydrogen-bond acceptors (Lipinski definition) is 3. The molecule has 0 aliphatic rings. The summed E-state index contributed by atoms with van der Waals surface area (Å²) in [5.74, 6) is -0.318. The summed E-state index contributed by atoms with van der Waals surface area (Å²) in [5.41, 5.74) is 1.07. The first-order chi connectivity index (χ1) is 9.06. The van der Waals surface area contributed by atoms with Gasteiger partial charge in [0.2, 0.25) is 0 Å². The molecule has 6 heteroatoms. The molecular weight excluding hydrogens is 266 g/mol. The quantitative estimate of drug-likeness (QED) is 0.894. The third kappa shape index (κ3) is 3.56. The van der Waals surface area contributed by atoms with Crippen LogP contribution in [-0.4, -0.2) is 33.4 Å². The molecule has 19 heavy (non-hydrogen) atoms. The molecule has 0 radical (unpaired) electrons. The Labute approximate surface area is 115 Å². The highest BCUT2D eigenvalue weighted by Gasteiger charge is 2.10. The van der Waals surface area contributed by atoms with E-state index in [1.54, 1.807) is 36.0 Å². The maximum Gasteiger partial charge on any atom is 0.271 e. The largest absolute Gasteiger partial charge is 0.392 e. The number of aliphatic hydroxyl groups excluding tert-OH is 1. The second-order valence-electron chi connectivity index (χ2n) is 4.18. The maximum absolute atomic E-state index is 11.7. The zero-order valence-electron chi connectivity index (χ0n) is 10.4. The van der Waals surface area contributed by atoms with Crippen molar-refractivity contribution in [2.75, 3.05) is 6.54 Å². The predicted molar refractivity (Wildman–Crippen MR) is 72.6 cm³/mol. The Kier molecular flexibility index (Phi) is 4.19. The summed E-state index contributed by atoms with van der Waals surface area (Å²) >= 11 is 5.90. The Balaban J connectivity index is 2.13. The summed E-state index contributed by atoms with van der Waals surface area (Å²) in [6.45, 7) is 1.80. The summed E-state index contributed by atoms with van der Waals surface area (Å²) in [6, 6.07) is 8.79. The van der Waals surface area contributed by atoms with Gasteiger partial charge < -0.3 is 10.4 Å². The molecule has 0 saturated heterocycles. The first kappa shape index (κ1) is 13.6. The van der Waals surface area contributed by atoms with Gasteiger partial charge in [-0.25, -0.2) is 4.68 Å². The molecule has 2 N–H and O–H groups in total. The zero-order chi connectivity index (χ0) is 13.8. The van der Waals surface area contributed by atoms with Gasteiger partial charge in [-0.05, 0) is 31.2 Å². The molecular formula is C13H14ClN3O2. The first-order valence-corrected chi connectivity index (χ1v) is 6.22. The summed E-state index contributed by atoms with van der Waals surface area (Å²) in [7, 11) is 0. The van der Waals surface area contributed by atoms with Gasteiger partial charge >= 0.3 is 0 Å². The van der Waals surface area contributed by atoms with Gasteiger partial charge in [0, 0.05) is 17.8 Å². The first-order valence-electron chi connectivity index (χ1n) is 5.84. The van der Waals surface area contributed by atoms with E-state index >= 15 is 0 Å². The molecule has 0 bridgehead atoms. The van der Waals surface area contributed by atoms with Gasteiger partial charge in [0.05, 0.1) is 11.8 Å². The summed E-state index contributed by atoms with van der Waals surface area (Å²) in [5, 5.41) is 16.5. The molecule has 0 fully saturated rings. The van der Waals surface area contributed by atoms with Crippen LogP contribution in [0.25, 0.3) is 5.69 Å². The minimum Gasteiger partial charge on any atom is -0.392 e. The molecule has 1 aromatic carbocycles. The monoisotopic (exact) mass is 279 g/mol. The fourth-order valence-corrected chi connectivity index (χ4v) is 1.72. The highest BCUT2D eigenvalue weighted by molar-refractivity contribution is 6.30. The van der Waals surface area contributed by atoms with Crippen molar-refractivity contribution >= 4 is 17.5 Å². The van der Waals surface area contributed by atoms with E-state index < -0.39 is 6.10 Å². The number of hydrogen-bond donors (Lipinski definition) is 2. The van der Waals surface area contributed by atoms with Gasteiger partial charge in [-0.1, -0.05) is 17.7 Å². The molecule has 5 nitrogen and oxygen atoms in total. The number of rotatable bonds is 4. The molecule has 1 aromatic heterocycles. The standard InChI is InChI=1S/C13H14ClN3O2/c1-9(18)8-15-13(19)12-5-6-17(16-12)11-4-2-3-10(14)7-11/h2-7,9,18H,8H2,1H3,(H,15,19). The minimum atomic E-state index is -0.584. The lowest BCUT2D eigenvalue weighted by Gasteiger charge is -2.05. The van der Waals surface area contributed by atoms with Gasteiger partial charge in [-0.15, -0.1) is 0 Å². The molecule has 0 aliphatic carbocycles. The van der Waals surface area contributed by atoms with Crippen molar-refractivity contribution < 1.29 is 9.90 Å². The van der Waals surface area contributed by atoms with Gasteiger partial charge in [-0.2, -0.15) is 5.10 Å². The van der Waals surface area contributed by atoms with Gasteiger partial charge in [0.15, 0.2) is 5.69 Å². The van der Waals surface area contributed by atoms with Crippen molar-refractivity contribution in [3.8, 4) is 5.69 Å². The molecule has 1 amide bonds. The van der Waals surface area contributed by atoms with Crippen molar-refractivity contribution in [3.05, 3.63) is 47.2 Å². The van der Waals surface area contributed by atoms with E-state index in [0.29, 0.717) is 10.7 Å². The SMILES string of the molecule is CC(O)CNC(=O)c1ccn(-c2cccc(Cl)c2)n1. The highest BCUT2D eigenvalue weighted by atomic mass is 35.5. The molecule has 0 saturated carbocycles. The fourth-order valence-electron chi connectivity index (χ4n) is 1.54. The Morgan fingerprint density at radius 1 is 1.53 bits per heavy atom. The zero-order valence-corrected chi connectivity index (χ0v) is 11.1. The van der Waals surface area contributed by atoms with Crippen LogP contribution in [0.1, 0.15) is 17.4 Å². The second-order valence-corrected chi connectivity index (χ2v) is 4.62. The van der Waals surface area contributed by atoms with Crippen LogP contribution in [0, 0.1) is 0 Å². The summed E-state index contributed by atoms with van der Waals surface area (Å²) < 4.78 is 1.57. The van der Waals surface area contributed by atoms with E-state index in [9.17, 15) is 4.79 Å². The summed E-state index contributed by atoms with van der Waals surface area (Å²) in [4.78, 5) is 11.7. The number of benzene rings is 1. The molecule has 1 unspecified atom stereocenters. The highest BCUT2D eigenvalue weighted by Crippen LogP contribution is 2.14. The number of aromatic nitrogens is 2. The van der Waals surface area contributed by atoms with Crippen LogP contribution in [0.15, 0.2) is 36.5 Å². The van der Waals surface area contributed by atoms with Crippen molar-refractivity contribution in [1.82, 2.24) is 15.1 Å². The van der Waals surface area contributed by atoms with Crippen molar-refractivity contribution in [2.24, 2.45) is 0 Å². The van der Waals surface area contributed by atoms with Crippen LogP contribution in [0.4, 0.5) is 0 Å². The smallest absolute Gasteiger partial charge is 0.271 e. The van der Waals surface area contributed by atoms with Crippen LogP contribution in [0.3, 0.4) is 0 Å². The Bertz CT molecular complexity index is 581. The molecule has 2 rings (SSSR count). The van der Waals surface area contributed by atoms with Crippen LogP contribution < -0.4 is 5.32 Å². The normalized spacial score (nSPS) is 12.2. The maximum atomic E-state index is 11.7. The lowest BCUT2D eigenvalue weighted by atomic mass is 10.3. The Morgan fingerprint density at radius 2 is 2.32 bits per heavy atom. The van der Waals surface area contributed by atoms with Gasteiger partial charge in [0.1, 0.15) is 0 Å². The topological polar surface area (TPSA) is 67.2 Å². The number of amides is 1. The number of halogens is 1. The summed E-state index contributed by atoms with van der Waals surface area (Å²) in [6.07, 6.45) is 1.10. The number of nitrogens with zero attached hydrogens (tertiary/aromatic N) is 2. The minimum absolute atomic E-state index is 0.197. The third-order valence-electron chi connectivity index (χ3n) is 2.45. The number of carbonyl (C=O) groups is 1. The third-order valence-corrected chi connectivity index (χ3v) is 2.69. The van der Waals surface area contributed by atoms with Crippen LogP contribution in [-0.2, 0) is 0 Å². The lowest BCUT2D eigenvalue weighted by molar-refractivity contribution is 0.0918. The Morgan fingerprint density at radius 3 is 3.00 bits per heavy atom. The van der Waals surface area contributed by atoms with Crippen LogP contribution >= 0.6 is 11.6 Å².